The second-order valence-corrected chi connectivity index (χ2v) is 7.97. The van der Waals surface area contributed by atoms with Crippen LogP contribution in [0, 0.1) is 6.92 Å². The van der Waals surface area contributed by atoms with Crippen LogP contribution < -0.4 is 4.74 Å². The summed E-state index contributed by atoms with van der Waals surface area (Å²) in [5.41, 5.74) is 0.967. The van der Waals surface area contributed by atoms with E-state index in [0.29, 0.717) is 18.6 Å². The summed E-state index contributed by atoms with van der Waals surface area (Å²) in [5.74, 6) is -0.349. The predicted octanol–water partition coefficient (Wildman–Crippen LogP) is 2.43. The molecule has 2 unspecified atom stereocenters. The maximum absolute atomic E-state index is 11.7. The van der Waals surface area contributed by atoms with Gasteiger partial charge in [0.1, 0.15) is 15.6 Å². The van der Waals surface area contributed by atoms with Gasteiger partial charge in [0.2, 0.25) is 0 Å². The molecular weight excluding hydrogens is 292 g/mol. The van der Waals surface area contributed by atoms with Crippen LogP contribution >= 0.6 is 0 Å². The third-order valence-corrected chi connectivity index (χ3v) is 5.54. The first-order valence-corrected chi connectivity index (χ1v) is 8.92. The van der Waals surface area contributed by atoms with Crippen molar-refractivity contribution in [1.29, 1.82) is 0 Å². The fraction of sp³-hybridized carbons (Fsp3) is 0.533. The van der Waals surface area contributed by atoms with E-state index in [1.807, 2.05) is 0 Å². The number of aryl methyl sites for hydroxylation is 1. The van der Waals surface area contributed by atoms with Gasteiger partial charge in [-0.3, -0.25) is 0 Å². The molecule has 1 saturated carbocycles. The van der Waals surface area contributed by atoms with Crippen molar-refractivity contribution >= 4 is 15.8 Å². The van der Waals surface area contributed by atoms with Gasteiger partial charge in [-0.25, -0.2) is 13.2 Å². The lowest BCUT2D eigenvalue weighted by Crippen LogP contribution is -2.33. The summed E-state index contributed by atoms with van der Waals surface area (Å²) in [5, 5.41) is 8.60. The molecule has 0 radical (unpaired) electrons. The predicted molar refractivity (Wildman–Crippen MR) is 79.7 cm³/mol. The Morgan fingerprint density at radius 1 is 1.33 bits per heavy atom. The number of carbonyl (C=O) groups is 1. The maximum Gasteiger partial charge on any atom is 0.335 e. The molecule has 2 rings (SSSR count). The summed E-state index contributed by atoms with van der Waals surface area (Å²) >= 11 is 0. The lowest BCUT2D eigenvalue weighted by atomic mass is 9.97. The minimum absolute atomic E-state index is 0.132. The van der Waals surface area contributed by atoms with E-state index in [1.165, 1.54) is 12.3 Å². The van der Waals surface area contributed by atoms with Crippen molar-refractivity contribution in [2.24, 2.45) is 0 Å². The zero-order valence-electron chi connectivity index (χ0n) is 12.2. The van der Waals surface area contributed by atoms with E-state index in [0.717, 1.165) is 18.4 Å². The van der Waals surface area contributed by atoms with Crippen LogP contribution in [0.5, 0.6) is 5.75 Å². The molecule has 0 aromatic heterocycles. The molecule has 5 nitrogen and oxygen atoms in total. The Balaban J connectivity index is 2.09. The van der Waals surface area contributed by atoms with Crippen molar-refractivity contribution in [2.45, 2.75) is 44.0 Å². The van der Waals surface area contributed by atoms with Gasteiger partial charge >= 0.3 is 5.97 Å². The first-order valence-electron chi connectivity index (χ1n) is 6.97. The zero-order valence-corrected chi connectivity index (χ0v) is 13.0. The highest BCUT2D eigenvalue weighted by atomic mass is 32.2. The van der Waals surface area contributed by atoms with Gasteiger partial charge in [-0.15, -0.1) is 0 Å². The third kappa shape index (κ3) is 3.97. The van der Waals surface area contributed by atoms with E-state index < -0.39 is 15.8 Å². The molecule has 1 aliphatic carbocycles. The average molecular weight is 312 g/mol. The zero-order chi connectivity index (χ0) is 15.6. The number of ether oxygens (including phenoxy) is 1. The minimum Gasteiger partial charge on any atom is -0.490 e. The summed E-state index contributed by atoms with van der Waals surface area (Å²) in [7, 11) is -3.04. The van der Waals surface area contributed by atoms with E-state index in [4.69, 9.17) is 9.84 Å². The molecule has 0 amide bonds. The number of benzene rings is 1. The molecule has 1 aromatic rings. The molecule has 0 aliphatic heterocycles. The van der Waals surface area contributed by atoms with Gasteiger partial charge in [-0.2, -0.15) is 0 Å². The summed E-state index contributed by atoms with van der Waals surface area (Å²) in [6.07, 6.45) is 3.98. The molecule has 0 saturated heterocycles. The number of hydrogen-bond acceptors (Lipinski definition) is 4. The molecule has 6 heteroatoms. The monoisotopic (exact) mass is 312 g/mol. The number of rotatable bonds is 4. The SMILES string of the molecule is Cc1cc(C(=O)O)ccc1OC1CCCC(S(C)(=O)=O)C1. The number of hydrogen-bond donors (Lipinski definition) is 1. The lowest BCUT2D eigenvalue weighted by molar-refractivity contribution is 0.0696. The van der Waals surface area contributed by atoms with Crippen molar-refractivity contribution in [1.82, 2.24) is 0 Å². The van der Waals surface area contributed by atoms with Gasteiger partial charge in [0.25, 0.3) is 0 Å². The standard InChI is InChI=1S/C15H20O5S/c1-10-8-11(15(16)17)6-7-14(10)20-12-4-3-5-13(9-12)21(2,18)19/h6-8,12-13H,3-5,9H2,1-2H3,(H,16,17). The molecule has 0 bridgehead atoms. The second-order valence-electron chi connectivity index (χ2n) is 5.64. The van der Waals surface area contributed by atoms with Gasteiger partial charge < -0.3 is 9.84 Å². The topological polar surface area (TPSA) is 80.7 Å². The highest BCUT2D eigenvalue weighted by molar-refractivity contribution is 7.91. The second kappa shape index (κ2) is 6.05. The van der Waals surface area contributed by atoms with Crippen LogP contribution in [0.1, 0.15) is 41.6 Å². The van der Waals surface area contributed by atoms with Crippen LogP contribution in [-0.4, -0.2) is 37.1 Å². The van der Waals surface area contributed by atoms with Gasteiger partial charge in [0.15, 0.2) is 0 Å². The largest absolute Gasteiger partial charge is 0.490 e. The van der Waals surface area contributed by atoms with Crippen LogP contribution in [0.2, 0.25) is 0 Å². The smallest absolute Gasteiger partial charge is 0.335 e. The molecule has 2 atom stereocenters. The Hall–Kier alpha value is -1.56. The Kier molecular flexibility index (Phi) is 4.56. The molecule has 0 heterocycles. The normalized spacial score (nSPS) is 22.8. The van der Waals surface area contributed by atoms with Crippen LogP contribution in [-0.2, 0) is 9.84 Å². The van der Waals surface area contributed by atoms with E-state index in [2.05, 4.69) is 0 Å². The Labute approximate surface area is 124 Å². The highest BCUT2D eigenvalue weighted by Gasteiger charge is 2.30. The summed E-state index contributed by atoms with van der Waals surface area (Å²) in [6.45, 7) is 1.79. The van der Waals surface area contributed by atoms with Crippen LogP contribution in [0.25, 0.3) is 0 Å². The van der Waals surface area contributed by atoms with E-state index in [1.54, 1.807) is 19.1 Å². The van der Waals surface area contributed by atoms with Crippen LogP contribution in [0.3, 0.4) is 0 Å². The van der Waals surface area contributed by atoms with Crippen molar-refractivity contribution in [3.8, 4) is 5.75 Å². The Bertz CT molecular complexity index is 635. The first kappa shape index (κ1) is 15.8. The lowest BCUT2D eigenvalue weighted by Gasteiger charge is -2.29. The van der Waals surface area contributed by atoms with Gasteiger partial charge in [-0.05, 0) is 49.9 Å². The quantitative estimate of drug-likeness (QED) is 0.923. The Morgan fingerprint density at radius 2 is 2.05 bits per heavy atom. The molecule has 0 spiro atoms. The number of aromatic carboxylic acids is 1. The molecule has 21 heavy (non-hydrogen) atoms. The molecule has 1 aromatic carbocycles. The molecular formula is C15H20O5S. The van der Waals surface area contributed by atoms with Crippen molar-refractivity contribution in [3.63, 3.8) is 0 Å². The van der Waals surface area contributed by atoms with E-state index in [9.17, 15) is 13.2 Å². The fourth-order valence-corrected chi connectivity index (χ4v) is 3.85. The summed E-state index contributed by atoms with van der Waals surface area (Å²) in [6, 6.07) is 4.71. The number of carboxylic acid groups (broad SMARTS) is 1. The maximum atomic E-state index is 11.7. The van der Waals surface area contributed by atoms with Gasteiger partial charge in [0.05, 0.1) is 16.9 Å². The summed E-state index contributed by atoms with van der Waals surface area (Å²) in [4.78, 5) is 10.9. The van der Waals surface area contributed by atoms with Gasteiger partial charge in [-0.1, -0.05) is 0 Å². The van der Waals surface area contributed by atoms with Crippen LogP contribution in [0.4, 0.5) is 0 Å². The van der Waals surface area contributed by atoms with Crippen molar-refractivity contribution < 1.29 is 23.1 Å². The Morgan fingerprint density at radius 3 is 2.62 bits per heavy atom. The van der Waals surface area contributed by atoms with E-state index in [-0.39, 0.29) is 16.9 Å². The highest BCUT2D eigenvalue weighted by Crippen LogP contribution is 2.29. The third-order valence-electron chi connectivity index (χ3n) is 3.90. The first-order chi connectivity index (χ1) is 9.77. The van der Waals surface area contributed by atoms with E-state index >= 15 is 0 Å². The molecule has 1 aliphatic rings. The van der Waals surface area contributed by atoms with Crippen molar-refractivity contribution in [3.05, 3.63) is 29.3 Å². The van der Waals surface area contributed by atoms with Gasteiger partial charge in [0, 0.05) is 12.7 Å². The average Bonchev–Trinajstić information content (AvgIpc) is 2.40. The molecule has 1 N–H and O–H groups in total. The van der Waals surface area contributed by atoms with Crippen LogP contribution in [0.15, 0.2) is 18.2 Å². The number of carboxylic acids is 1. The molecule has 116 valence electrons. The molecule has 1 fully saturated rings. The van der Waals surface area contributed by atoms with Crippen molar-refractivity contribution in [2.75, 3.05) is 6.26 Å². The minimum atomic E-state index is -3.04. The summed E-state index contributed by atoms with van der Waals surface area (Å²) < 4.78 is 29.2. The fourth-order valence-electron chi connectivity index (χ4n) is 2.69. The number of sulfone groups is 1.